The van der Waals surface area contributed by atoms with Crippen LogP contribution in [0.1, 0.15) is 17.9 Å². The zero-order valence-corrected chi connectivity index (χ0v) is 14.0. The summed E-state index contributed by atoms with van der Waals surface area (Å²) in [6.07, 6.45) is 5.16. The highest BCUT2D eigenvalue weighted by atomic mass is 32.1. The largest absolute Gasteiger partial charge is 0.350 e. The Bertz CT molecular complexity index is 970. The van der Waals surface area contributed by atoms with Gasteiger partial charge in [-0.3, -0.25) is 14.2 Å². The van der Waals surface area contributed by atoms with Gasteiger partial charge in [-0.05, 0) is 24.8 Å². The van der Waals surface area contributed by atoms with Crippen molar-refractivity contribution in [2.75, 3.05) is 0 Å². The van der Waals surface area contributed by atoms with Crippen LogP contribution in [-0.2, 0) is 24.3 Å². The number of nitrogens with zero attached hydrogens (tertiary/aromatic N) is 4. The molecule has 4 heterocycles. The van der Waals surface area contributed by atoms with E-state index in [1.807, 2.05) is 18.5 Å². The topological polar surface area (TPSA) is 81.8 Å². The molecular weight excluding hydrogens is 326 g/mol. The fourth-order valence-electron chi connectivity index (χ4n) is 3.14. The van der Waals surface area contributed by atoms with Crippen molar-refractivity contribution in [2.24, 2.45) is 0 Å². The summed E-state index contributed by atoms with van der Waals surface area (Å²) < 4.78 is 3.45. The van der Waals surface area contributed by atoms with Gasteiger partial charge in [-0.2, -0.15) is 0 Å². The molecule has 1 aliphatic rings. The minimum absolute atomic E-state index is 0.00999. The average Bonchev–Trinajstić information content (AvgIpc) is 3.15. The third-order valence-electron chi connectivity index (χ3n) is 4.24. The number of hydrogen-bond donors (Lipinski definition) is 1. The number of thiophene rings is 1. The zero-order valence-electron chi connectivity index (χ0n) is 13.2. The molecule has 1 aliphatic heterocycles. The molecule has 1 amide bonds. The number of fused-ring (bicyclic) bond motifs is 2. The molecule has 1 N–H and O–H groups in total. The predicted octanol–water partition coefficient (Wildman–Crippen LogP) is 1.09. The van der Waals surface area contributed by atoms with Crippen LogP contribution in [0.4, 0.5) is 0 Å². The van der Waals surface area contributed by atoms with Crippen molar-refractivity contribution >= 4 is 27.5 Å². The summed E-state index contributed by atoms with van der Waals surface area (Å²) in [6, 6.07) is 1.81. The summed E-state index contributed by atoms with van der Waals surface area (Å²) in [5, 5.41) is 5.41. The van der Waals surface area contributed by atoms with Gasteiger partial charge in [-0.1, -0.05) is 0 Å². The Balaban J connectivity index is 1.45. The highest BCUT2D eigenvalue weighted by Crippen LogP contribution is 2.15. The van der Waals surface area contributed by atoms with Crippen molar-refractivity contribution in [3.05, 3.63) is 45.8 Å². The molecule has 124 valence electrons. The van der Waals surface area contributed by atoms with Gasteiger partial charge >= 0.3 is 0 Å². The number of rotatable bonds is 3. The molecule has 0 bridgehead atoms. The van der Waals surface area contributed by atoms with E-state index in [9.17, 15) is 9.59 Å². The Morgan fingerprint density at radius 3 is 3.25 bits per heavy atom. The zero-order chi connectivity index (χ0) is 16.7. The van der Waals surface area contributed by atoms with Gasteiger partial charge in [0.15, 0.2) is 0 Å². The number of aromatic nitrogens is 4. The highest BCUT2D eigenvalue weighted by Gasteiger charge is 2.21. The van der Waals surface area contributed by atoms with E-state index in [4.69, 9.17) is 0 Å². The smallest absolute Gasteiger partial charge is 0.262 e. The molecule has 8 heteroatoms. The number of carbonyl (C=O) groups is 1. The second kappa shape index (κ2) is 5.86. The maximum atomic E-state index is 12.3. The van der Waals surface area contributed by atoms with E-state index in [0.717, 1.165) is 30.9 Å². The normalized spacial score (nSPS) is 17.0. The molecule has 3 aromatic rings. The van der Waals surface area contributed by atoms with Crippen LogP contribution >= 0.6 is 11.3 Å². The molecule has 1 atom stereocenters. The maximum Gasteiger partial charge on any atom is 0.262 e. The summed E-state index contributed by atoms with van der Waals surface area (Å²) in [7, 11) is 0. The van der Waals surface area contributed by atoms with Gasteiger partial charge in [0, 0.05) is 25.2 Å². The average molecular weight is 343 g/mol. The SMILES string of the molecule is Cc1cn2c(n1)CC[C@H](NC(=O)Cn1cnc3sccc3c1=O)C2. The monoisotopic (exact) mass is 343 g/mol. The molecule has 0 radical (unpaired) electrons. The number of nitrogens with one attached hydrogen (secondary N) is 1. The summed E-state index contributed by atoms with van der Waals surface area (Å²) in [5.41, 5.74) is 0.825. The Hall–Kier alpha value is -2.48. The number of hydrogen-bond acceptors (Lipinski definition) is 5. The van der Waals surface area contributed by atoms with E-state index in [1.54, 1.807) is 6.07 Å². The van der Waals surface area contributed by atoms with Crippen LogP contribution < -0.4 is 10.9 Å². The fourth-order valence-corrected chi connectivity index (χ4v) is 3.86. The van der Waals surface area contributed by atoms with Gasteiger partial charge in [0.2, 0.25) is 5.91 Å². The number of carbonyl (C=O) groups excluding carboxylic acids is 1. The third kappa shape index (κ3) is 2.73. The fraction of sp³-hybridized carbons (Fsp3) is 0.375. The van der Waals surface area contributed by atoms with Crippen LogP contribution in [-0.4, -0.2) is 31.1 Å². The van der Waals surface area contributed by atoms with Crippen LogP contribution in [0.2, 0.25) is 0 Å². The Morgan fingerprint density at radius 2 is 2.38 bits per heavy atom. The molecule has 24 heavy (non-hydrogen) atoms. The number of aryl methyl sites for hydroxylation is 2. The first-order valence-corrected chi connectivity index (χ1v) is 8.73. The van der Waals surface area contributed by atoms with Crippen molar-refractivity contribution in [1.82, 2.24) is 24.4 Å². The van der Waals surface area contributed by atoms with E-state index < -0.39 is 0 Å². The van der Waals surface area contributed by atoms with Crippen LogP contribution in [0.5, 0.6) is 0 Å². The van der Waals surface area contributed by atoms with Crippen molar-refractivity contribution in [3.63, 3.8) is 0 Å². The minimum atomic E-state index is -0.174. The van der Waals surface area contributed by atoms with Gasteiger partial charge in [0.05, 0.1) is 17.4 Å². The minimum Gasteiger partial charge on any atom is -0.350 e. The lowest BCUT2D eigenvalue weighted by molar-refractivity contribution is -0.122. The summed E-state index contributed by atoms with van der Waals surface area (Å²) in [5.74, 6) is 0.903. The second-order valence-electron chi connectivity index (χ2n) is 6.07. The summed E-state index contributed by atoms with van der Waals surface area (Å²) in [4.78, 5) is 34.0. The summed E-state index contributed by atoms with van der Waals surface area (Å²) in [6.45, 7) is 2.68. The molecule has 7 nitrogen and oxygen atoms in total. The van der Waals surface area contributed by atoms with Crippen LogP contribution in [0.3, 0.4) is 0 Å². The molecule has 0 aliphatic carbocycles. The first-order chi connectivity index (χ1) is 11.6. The third-order valence-corrected chi connectivity index (χ3v) is 5.06. The second-order valence-corrected chi connectivity index (χ2v) is 6.97. The number of amides is 1. The lowest BCUT2D eigenvalue weighted by atomic mass is 10.1. The highest BCUT2D eigenvalue weighted by molar-refractivity contribution is 7.16. The molecular formula is C16H17N5O2S. The summed E-state index contributed by atoms with van der Waals surface area (Å²) >= 11 is 1.42. The van der Waals surface area contributed by atoms with Crippen molar-refractivity contribution < 1.29 is 4.79 Å². The van der Waals surface area contributed by atoms with E-state index in [1.165, 1.54) is 22.2 Å². The van der Waals surface area contributed by atoms with Crippen LogP contribution in [0, 0.1) is 6.92 Å². The van der Waals surface area contributed by atoms with Gasteiger partial charge in [-0.25, -0.2) is 9.97 Å². The molecule has 4 rings (SSSR count). The Morgan fingerprint density at radius 1 is 1.50 bits per heavy atom. The first kappa shape index (κ1) is 15.1. The molecule has 0 aromatic carbocycles. The lowest BCUT2D eigenvalue weighted by Crippen LogP contribution is -2.43. The van der Waals surface area contributed by atoms with Gasteiger partial charge < -0.3 is 9.88 Å². The first-order valence-electron chi connectivity index (χ1n) is 7.85. The molecule has 0 saturated carbocycles. The van der Waals surface area contributed by atoms with Crippen LogP contribution in [0.25, 0.3) is 10.2 Å². The van der Waals surface area contributed by atoms with Crippen LogP contribution in [0.15, 0.2) is 28.8 Å². The van der Waals surface area contributed by atoms with E-state index in [2.05, 4.69) is 19.9 Å². The van der Waals surface area contributed by atoms with Gasteiger partial charge in [-0.15, -0.1) is 11.3 Å². The van der Waals surface area contributed by atoms with E-state index >= 15 is 0 Å². The Labute approximate surface area is 142 Å². The Kier molecular flexibility index (Phi) is 3.68. The standard InChI is InChI=1S/C16H17N5O2S/c1-10-6-20-7-11(2-3-13(20)18-10)19-14(22)8-21-9-17-15-12(16(21)23)4-5-24-15/h4-6,9,11H,2-3,7-8H2,1H3,(H,19,22)/t11-/m0/s1. The van der Waals surface area contributed by atoms with Crippen molar-refractivity contribution in [2.45, 2.75) is 38.9 Å². The predicted molar refractivity (Wildman–Crippen MR) is 91.1 cm³/mol. The van der Waals surface area contributed by atoms with Crippen molar-refractivity contribution in [1.29, 1.82) is 0 Å². The lowest BCUT2D eigenvalue weighted by Gasteiger charge is -2.24. The molecule has 0 fully saturated rings. The quantitative estimate of drug-likeness (QED) is 0.772. The molecule has 0 unspecified atom stereocenters. The van der Waals surface area contributed by atoms with Gasteiger partial charge in [0.25, 0.3) is 5.56 Å². The van der Waals surface area contributed by atoms with Gasteiger partial charge in [0.1, 0.15) is 17.2 Å². The maximum absolute atomic E-state index is 12.3. The van der Waals surface area contributed by atoms with E-state index in [0.29, 0.717) is 10.2 Å². The van der Waals surface area contributed by atoms with Crippen molar-refractivity contribution in [3.8, 4) is 0 Å². The van der Waals surface area contributed by atoms with E-state index in [-0.39, 0.29) is 24.1 Å². The molecule has 0 spiro atoms. The molecule has 0 saturated heterocycles. The number of imidazole rings is 1. The molecule has 3 aromatic heterocycles.